The summed E-state index contributed by atoms with van der Waals surface area (Å²) in [5.41, 5.74) is 0.725. The summed E-state index contributed by atoms with van der Waals surface area (Å²) in [4.78, 5) is 21.8. The smallest absolute Gasteiger partial charge is 0.422 e. The first kappa shape index (κ1) is 18.8. The molecule has 5 nitrogen and oxygen atoms in total. The van der Waals surface area contributed by atoms with Gasteiger partial charge in [0.15, 0.2) is 6.61 Å². The highest BCUT2D eigenvalue weighted by molar-refractivity contribution is 5.75. The van der Waals surface area contributed by atoms with Crippen LogP contribution in [0.25, 0.3) is 0 Å². The Kier molecular flexibility index (Phi) is 7.37. The molecule has 1 aromatic rings. The third-order valence-corrected chi connectivity index (χ3v) is 2.86. The van der Waals surface area contributed by atoms with Crippen molar-refractivity contribution in [3.8, 4) is 5.75 Å². The summed E-state index contributed by atoms with van der Waals surface area (Å²) in [6.45, 7) is -1.10. The molecule has 23 heavy (non-hydrogen) atoms. The zero-order chi connectivity index (χ0) is 17.3. The Morgan fingerprint density at radius 3 is 2.26 bits per heavy atom. The fourth-order valence-electron chi connectivity index (χ4n) is 1.72. The summed E-state index contributed by atoms with van der Waals surface area (Å²) in [6, 6.07) is 5.94. The minimum atomic E-state index is -4.38. The SMILES string of the molecule is O=C(O)CCCCC(=O)NCc1ccc(OCC(F)(F)F)cc1. The van der Waals surface area contributed by atoms with Crippen LogP contribution in [0.2, 0.25) is 0 Å². The van der Waals surface area contributed by atoms with E-state index in [2.05, 4.69) is 10.1 Å². The third kappa shape index (κ3) is 9.38. The van der Waals surface area contributed by atoms with Crippen LogP contribution in [0.5, 0.6) is 5.75 Å². The molecule has 0 heterocycles. The average molecular weight is 333 g/mol. The molecule has 8 heteroatoms. The molecule has 1 rings (SSSR count). The molecule has 1 amide bonds. The summed E-state index contributed by atoms with van der Waals surface area (Å²) < 4.78 is 40.6. The van der Waals surface area contributed by atoms with Crippen LogP contribution >= 0.6 is 0 Å². The second-order valence-electron chi connectivity index (χ2n) is 4.93. The van der Waals surface area contributed by atoms with Gasteiger partial charge in [-0.05, 0) is 30.5 Å². The van der Waals surface area contributed by atoms with Gasteiger partial charge in [0.2, 0.25) is 5.91 Å². The van der Waals surface area contributed by atoms with E-state index >= 15 is 0 Å². The van der Waals surface area contributed by atoms with Crippen LogP contribution in [-0.4, -0.2) is 29.8 Å². The fraction of sp³-hybridized carbons (Fsp3) is 0.467. The van der Waals surface area contributed by atoms with Crippen molar-refractivity contribution < 1.29 is 32.6 Å². The first-order valence-corrected chi connectivity index (χ1v) is 7.03. The van der Waals surface area contributed by atoms with Crippen molar-refractivity contribution in [2.24, 2.45) is 0 Å². The second-order valence-corrected chi connectivity index (χ2v) is 4.93. The average Bonchev–Trinajstić information content (AvgIpc) is 2.47. The molecule has 0 radical (unpaired) electrons. The number of aliphatic carboxylic acids is 1. The number of ether oxygens (including phenoxy) is 1. The zero-order valence-corrected chi connectivity index (χ0v) is 12.4. The van der Waals surface area contributed by atoms with Gasteiger partial charge >= 0.3 is 12.1 Å². The first-order valence-electron chi connectivity index (χ1n) is 7.03. The summed E-state index contributed by atoms with van der Waals surface area (Å²) in [7, 11) is 0. The lowest BCUT2D eigenvalue weighted by Gasteiger charge is -2.10. The number of carboxylic acids is 1. The minimum Gasteiger partial charge on any atom is -0.484 e. The van der Waals surface area contributed by atoms with Crippen molar-refractivity contribution in [2.75, 3.05) is 6.61 Å². The molecule has 0 unspecified atom stereocenters. The molecule has 0 aliphatic rings. The van der Waals surface area contributed by atoms with E-state index in [-0.39, 0.29) is 31.0 Å². The van der Waals surface area contributed by atoms with Gasteiger partial charge in [0.1, 0.15) is 5.75 Å². The lowest BCUT2D eigenvalue weighted by atomic mass is 10.2. The summed E-state index contributed by atoms with van der Waals surface area (Å²) in [5, 5.41) is 11.1. The van der Waals surface area contributed by atoms with Crippen molar-refractivity contribution >= 4 is 11.9 Å². The maximum atomic E-state index is 12.0. The molecule has 0 aliphatic heterocycles. The Morgan fingerprint density at radius 2 is 1.70 bits per heavy atom. The van der Waals surface area contributed by atoms with E-state index in [1.165, 1.54) is 12.1 Å². The van der Waals surface area contributed by atoms with Gasteiger partial charge < -0.3 is 15.2 Å². The number of halogens is 3. The number of alkyl halides is 3. The fourth-order valence-corrected chi connectivity index (χ4v) is 1.72. The Hall–Kier alpha value is -2.25. The Bertz CT molecular complexity index is 514. The lowest BCUT2D eigenvalue weighted by molar-refractivity contribution is -0.153. The topological polar surface area (TPSA) is 75.6 Å². The van der Waals surface area contributed by atoms with Gasteiger partial charge in [-0.3, -0.25) is 9.59 Å². The highest BCUT2D eigenvalue weighted by Crippen LogP contribution is 2.18. The summed E-state index contributed by atoms with van der Waals surface area (Å²) in [6.07, 6.45) is -3.18. The minimum absolute atomic E-state index is 0.0344. The normalized spacial score (nSPS) is 11.1. The highest BCUT2D eigenvalue weighted by Gasteiger charge is 2.28. The van der Waals surface area contributed by atoms with Crippen molar-refractivity contribution in [2.45, 2.75) is 38.4 Å². The number of carbonyl (C=O) groups excluding carboxylic acids is 1. The molecular formula is C15H18F3NO4. The molecule has 0 spiro atoms. The van der Waals surface area contributed by atoms with Crippen LogP contribution in [0.1, 0.15) is 31.2 Å². The number of hydrogen-bond donors (Lipinski definition) is 2. The zero-order valence-electron chi connectivity index (χ0n) is 12.4. The van der Waals surface area contributed by atoms with E-state index in [9.17, 15) is 22.8 Å². The van der Waals surface area contributed by atoms with Gasteiger partial charge in [-0.25, -0.2) is 0 Å². The van der Waals surface area contributed by atoms with E-state index in [0.29, 0.717) is 12.8 Å². The second kappa shape index (κ2) is 9.02. The van der Waals surface area contributed by atoms with Crippen molar-refractivity contribution in [3.05, 3.63) is 29.8 Å². The monoisotopic (exact) mass is 333 g/mol. The van der Waals surface area contributed by atoms with Gasteiger partial charge in [-0.2, -0.15) is 13.2 Å². The van der Waals surface area contributed by atoms with Gasteiger partial charge in [0.05, 0.1) is 0 Å². The molecule has 0 saturated carbocycles. The number of rotatable bonds is 9. The predicted molar refractivity (Wildman–Crippen MR) is 75.9 cm³/mol. The Labute approximate surface area is 131 Å². The Balaban J connectivity index is 2.27. The van der Waals surface area contributed by atoms with E-state index in [0.717, 1.165) is 5.56 Å². The standard InChI is InChI=1S/C15H18F3NO4/c16-15(17,18)10-23-12-7-5-11(6-8-12)9-19-13(20)3-1-2-4-14(21)22/h5-8H,1-4,9-10H2,(H,19,20)(H,21,22). The quantitative estimate of drug-likeness (QED) is 0.681. The van der Waals surface area contributed by atoms with E-state index in [4.69, 9.17) is 5.11 Å². The van der Waals surface area contributed by atoms with Crippen LogP contribution in [0.3, 0.4) is 0 Å². The largest absolute Gasteiger partial charge is 0.484 e. The van der Waals surface area contributed by atoms with Crippen LogP contribution < -0.4 is 10.1 Å². The van der Waals surface area contributed by atoms with Crippen LogP contribution in [0.15, 0.2) is 24.3 Å². The summed E-state index contributed by atoms with van der Waals surface area (Å²) in [5.74, 6) is -0.989. The maximum absolute atomic E-state index is 12.0. The number of carbonyl (C=O) groups is 2. The molecule has 128 valence electrons. The van der Waals surface area contributed by atoms with Gasteiger partial charge in [-0.1, -0.05) is 12.1 Å². The number of unbranched alkanes of at least 4 members (excludes halogenated alkanes) is 1. The molecule has 0 saturated heterocycles. The molecular weight excluding hydrogens is 315 g/mol. The number of carboxylic acid groups (broad SMARTS) is 1. The highest BCUT2D eigenvalue weighted by atomic mass is 19.4. The van der Waals surface area contributed by atoms with Crippen molar-refractivity contribution in [1.29, 1.82) is 0 Å². The Morgan fingerprint density at radius 1 is 1.09 bits per heavy atom. The van der Waals surface area contributed by atoms with Gasteiger partial charge in [0, 0.05) is 19.4 Å². The first-order chi connectivity index (χ1) is 10.8. The third-order valence-electron chi connectivity index (χ3n) is 2.86. The molecule has 2 N–H and O–H groups in total. The number of benzene rings is 1. The van der Waals surface area contributed by atoms with E-state index < -0.39 is 18.8 Å². The molecule has 0 bridgehead atoms. The van der Waals surface area contributed by atoms with Crippen LogP contribution in [-0.2, 0) is 16.1 Å². The predicted octanol–water partition coefficient (Wildman–Crippen LogP) is 2.89. The molecule has 0 aromatic heterocycles. The van der Waals surface area contributed by atoms with Crippen molar-refractivity contribution in [3.63, 3.8) is 0 Å². The lowest BCUT2D eigenvalue weighted by Crippen LogP contribution is -2.22. The van der Waals surface area contributed by atoms with Crippen molar-refractivity contribution in [1.82, 2.24) is 5.32 Å². The molecule has 0 atom stereocenters. The van der Waals surface area contributed by atoms with Gasteiger partial charge in [0.25, 0.3) is 0 Å². The van der Waals surface area contributed by atoms with E-state index in [1.807, 2.05) is 0 Å². The van der Waals surface area contributed by atoms with E-state index in [1.54, 1.807) is 12.1 Å². The maximum Gasteiger partial charge on any atom is 0.422 e. The molecule has 0 fully saturated rings. The van der Waals surface area contributed by atoms with Crippen LogP contribution in [0, 0.1) is 0 Å². The number of hydrogen-bond acceptors (Lipinski definition) is 3. The summed E-state index contributed by atoms with van der Waals surface area (Å²) >= 11 is 0. The number of nitrogens with one attached hydrogen (secondary N) is 1. The molecule has 0 aliphatic carbocycles. The van der Waals surface area contributed by atoms with Gasteiger partial charge in [-0.15, -0.1) is 0 Å². The number of amides is 1. The van der Waals surface area contributed by atoms with Crippen LogP contribution in [0.4, 0.5) is 13.2 Å². The molecule has 1 aromatic carbocycles.